The van der Waals surface area contributed by atoms with Crippen LogP contribution < -0.4 is 14.2 Å². The number of ether oxygens (including phenoxy) is 3. The van der Waals surface area contributed by atoms with E-state index in [0.29, 0.717) is 5.56 Å². The first-order valence-corrected chi connectivity index (χ1v) is 9.63. The highest BCUT2D eigenvalue weighted by Crippen LogP contribution is 2.39. The molecule has 8 nitrogen and oxygen atoms in total. The molecule has 0 saturated carbocycles. The Balaban J connectivity index is 2.27. The Morgan fingerprint density at radius 2 is 1.33 bits per heavy atom. The first kappa shape index (κ1) is 22.9. The first-order valence-electron chi connectivity index (χ1n) is 9.63. The second-order valence-corrected chi connectivity index (χ2v) is 6.73. The molecule has 1 fully saturated rings. The second kappa shape index (κ2) is 10.9. The van der Waals surface area contributed by atoms with Crippen LogP contribution in [0.5, 0.6) is 17.2 Å². The minimum atomic E-state index is -0.667. The molecular formula is C22H25NO7. The minimum absolute atomic E-state index is 0.0502. The molecule has 1 amide bonds. The number of allylic oxidation sites excluding steroid dienone is 2. The van der Waals surface area contributed by atoms with Crippen molar-refractivity contribution in [1.29, 1.82) is 0 Å². The molecule has 0 atom stereocenters. The molecule has 1 aliphatic heterocycles. The van der Waals surface area contributed by atoms with E-state index in [2.05, 4.69) is 0 Å². The molecular weight excluding hydrogens is 390 g/mol. The maximum Gasteiger partial charge on any atom is 0.308 e. The van der Waals surface area contributed by atoms with Gasteiger partial charge in [-0.3, -0.25) is 19.2 Å². The monoisotopic (exact) mass is 415 g/mol. The van der Waals surface area contributed by atoms with Gasteiger partial charge in [0.2, 0.25) is 11.7 Å². The summed E-state index contributed by atoms with van der Waals surface area (Å²) in [5.74, 6) is -2.28. The van der Waals surface area contributed by atoms with Gasteiger partial charge in [0.15, 0.2) is 11.5 Å². The van der Waals surface area contributed by atoms with Crippen LogP contribution in [-0.4, -0.2) is 41.8 Å². The number of nitrogens with zero attached hydrogens (tertiary/aromatic N) is 1. The molecule has 1 aromatic rings. The van der Waals surface area contributed by atoms with Crippen molar-refractivity contribution < 1.29 is 33.4 Å². The summed E-state index contributed by atoms with van der Waals surface area (Å²) in [6.45, 7) is 5.10. The summed E-state index contributed by atoms with van der Waals surface area (Å²) >= 11 is 0. The fraction of sp³-hybridized carbons (Fsp3) is 0.364. The van der Waals surface area contributed by atoms with Gasteiger partial charge in [0, 0.05) is 39.9 Å². The van der Waals surface area contributed by atoms with Gasteiger partial charge in [-0.1, -0.05) is 18.2 Å². The molecule has 0 bridgehead atoms. The molecule has 8 heteroatoms. The van der Waals surface area contributed by atoms with Crippen molar-refractivity contribution in [2.75, 3.05) is 13.1 Å². The maximum absolute atomic E-state index is 12.1. The van der Waals surface area contributed by atoms with Crippen LogP contribution in [0.4, 0.5) is 0 Å². The lowest BCUT2D eigenvalue weighted by Gasteiger charge is -2.25. The van der Waals surface area contributed by atoms with E-state index in [1.807, 2.05) is 0 Å². The van der Waals surface area contributed by atoms with Gasteiger partial charge in [-0.05, 0) is 37.0 Å². The molecule has 0 radical (unpaired) electrons. The number of carbonyl (C=O) groups is 4. The van der Waals surface area contributed by atoms with Crippen LogP contribution in [0.15, 0.2) is 30.4 Å². The molecule has 160 valence electrons. The first-order chi connectivity index (χ1) is 14.3. The fourth-order valence-corrected chi connectivity index (χ4v) is 2.92. The van der Waals surface area contributed by atoms with Crippen molar-refractivity contribution in [3.63, 3.8) is 0 Å². The molecule has 1 aromatic carbocycles. The fourth-order valence-electron chi connectivity index (χ4n) is 2.92. The topological polar surface area (TPSA) is 99.2 Å². The zero-order valence-electron chi connectivity index (χ0n) is 17.3. The lowest BCUT2D eigenvalue weighted by Crippen LogP contribution is -2.34. The molecule has 0 aliphatic carbocycles. The molecule has 30 heavy (non-hydrogen) atoms. The van der Waals surface area contributed by atoms with Crippen molar-refractivity contribution in [2.45, 2.75) is 40.0 Å². The van der Waals surface area contributed by atoms with Crippen LogP contribution in [0.2, 0.25) is 0 Å². The molecule has 1 aliphatic rings. The van der Waals surface area contributed by atoms with E-state index in [1.54, 1.807) is 23.1 Å². The Hall–Kier alpha value is -3.42. The molecule has 2 rings (SSSR count). The number of hydrogen-bond donors (Lipinski definition) is 0. The van der Waals surface area contributed by atoms with Crippen LogP contribution in [0.1, 0.15) is 45.6 Å². The molecule has 1 heterocycles. The lowest BCUT2D eigenvalue weighted by molar-refractivity contribution is -0.135. The van der Waals surface area contributed by atoms with Gasteiger partial charge >= 0.3 is 17.9 Å². The van der Waals surface area contributed by atoms with Crippen LogP contribution in [0, 0.1) is 0 Å². The zero-order chi connectivity index (χ0) is 22.1. The van der Waals surface area contributed by atoms with E-state index in [9.17, 15) is 19.2 Å². The number of piperidine rings is 1. The summed E-state index contributed by atoms with van der Waals surface area (Å²) in [4.78, 5) is 48.3. The molecule has 0 unspecified atom stereocenters. The highest BCUT2D eigenvalue weighted by molar-refractivity contribution is 5.88. The predicted octanol–water partition coefficient (Wildman–Crippen LogP) is 3.04. The van der Waals surface area contributed by atoms with Crippen molar-refractivity contribution in [1.82, 2.24) is 4.90 Å². The quantitative estimate of drug-likeness (QED) is 0.305. The average Bonchev–Trinajstić information content (AvgIpc) is 2.67. The van der Waals surface area contributed by atoms with Crippen molar-refractivity contribution in [2.24, 2.45) is 0 Å². The number of hydrogen-bond acceptors (Lipinski definition) is 7. The second-order valence-electron chi connectivity index (χ2n) is 6.73. The van der Waals surface area contributed by atoms with Crippen LogP contribution in [-0.2, 0) is 19.2 Å². The van der Waals surface area contributed by atoms with Crippen LogP contribution in [0.25, 0.3) is 6.08 Å². The van der Waals surface area contributed by atoms with Gasteiger partial charge in [-0.15, -0.1) is 0 Å². The number of esters is 3. The number of benzene rings is 1. The Morgan fingerprint density at radius 1 is 0.800 bits per heavy atom. The van der Waals surface area contributed by atoms with Gasteiger partial charge in [0.05, 0.1) is 0 Å². The minimum Gasteiger partial charge on any atom is -0.423 e. The van der Waals surface area contributed by atoms with E-state index >= 15 is 0 Å². The van der Waals surface area contributed by atoms with Crippen molar-refractivity contribution in [3.8, 4) is 17.2 Å². The average molecular weight is 415 g/mol. The van der Waals surface area contributed by atoms with E-state index in [-0.39, 0.29) is 23.2 Å². The van der Waals surface area contributed by atoms with Gasteiger partial charge in [-0.25, -0.2) is 0 Å². The van der Waals surface area contributed by atoms with Crippen molar-refractivity contribution in [3.05, 3.63) is 35.9 Å². The Kier molecular flexibility index (Phi) is 8.34. The van der Waals surface area contributed by atoms with Gasteiger partial charge in [-0.2, -0.15) is 0 Å². The summed E-state index contributed by atoms with van der Waals surface area (Å²) in [5, 5.41) is 0. The molecule has 0 N–H and O–H groups in total. The standard InChI is InChI=1S/C22H25NO7/c1-15(24)28-19-13-18(14-20(29-16(2)25)22(19)30-17(3)26)9-5-6-10-21(27)23-11-7-4-8-12-23/h5-6,9-10,13-14H,4,7-8,11-12H2,1-3H3/b9-5+,10-6+. The summed E-state index contributed by atoms with van der Waals surface area (Å²) < 4.78 is 15.3. The largest absolute Gasteiger partial charge is 0.423 e. The van der Waals surface area contributed by atoms with Gasteiger partial charge in [0.25, 0.3) is 0 Å². The summed E-state index contributed by atoms with van der Waals surface area (Å²) in [6, 6.07) is 2.92. The summed E-state index contributed by atoms with van der Waals surface area (Å²) in [6.07, 6.45) is 9.54. The maximum atomic E-state index is 12.1. The van der Waals surface area contributed by atoms with Crippen LogP contribution >= 0.6 is 0 Å². The van der Waals surface area contributed by atoms with E-state index in [1.165, 1.54) is 39.0 Å². The van der Waals surface area contributed by atoms with E-state index in [4.69, 9.17) is 14.2 Å². The van der Waals surface area contributed by atoms with Gasteiger partial charge < -0.3 is 19.1 Å². The number of likely N-dealkylation sites (tertiary alicyclic amines) is 1. The smallest absolute Gasteiger partial charge is 0.308 e. The third kappa shape index (κ3) is 7.20. The van der Waals surface area contributed by atoms with E-state index < -0.39 is 17.9 Å². The molecule has 1 saturated heterocycles. The highest BCUT2D eigenvalue weighted by atomic mass is 16.6. The van der Waals surface area contributed by atoms with E-state index in [0.717, 1.165) is 32.4 Å². The Bertz CT molecular complexity index is 842. The Labute approximate surface area is 175 Å². The normalized spacial score (nSPS) is 14.0. The highest BCUT2D eigenvalue weighted by Gasteiger charge is 2.19. The third-order valence-electron chi connectivity index (χ3n) is 4.10. The predicted molar refractivity (Wildman–Crippen MR) is 109 cm³/mol. The number of carbonyl (C=O) groups excluding carboxylic acids is 4. The van der Waals surface area contributed by atoms with Crippen molar-refractivity contribution >= 4 is 29.9 Å². The lowest BCUT2D eigenvalue weighted by atomic mass is 10.1. The summed E-state index contributed by atoms with van der Waals surface area (Å²) in [7, 11) is 0. The molecule has 0 aromatic heterocycles. The summed E-state index contributed by atoms with van der Waals surface area (Å²) in [5.41, 5.74) is 0.508. The number of rotatable bonds is 6. The SMILES string of the molecule is CC(=O)Oc1cc(/C=C/C=C/C(=O)N2CCCCC2)cc(OC(C)=O)c1OC(C)=O. The van der Waals surface area contributed by atoms with Gasteiger partial charge in [0.1, 0.15) is 0 Å². The number of amides is 1. The van der Waals surface area contributed by atoms with Crippen LogP contribution in [0.3, 0.4) is 0 Å². The Morgan fingerprint density at radius 3 is 1.83 bits per heavy atom. The zero-order valence-corrected chi connectivity index (χ0v) is 17.3. The third-order valence-corrected chi connectivity index (χ3v) is 4.10. The molecule has 0 spiro atoms.